The minimum atomic E-state index is 0. The molecule has 0 spiro atoms. The summed E-state index contributed by atoms with van der Waals surface area (Å²) in [5, 5.41) is 7.05. The Balaban J connectivity index is 0.00000529. The lowest BCUT2D eigenvalue weighted by Gasteiger charge is -2.36. The van der Waals surface area contributed by atoms with Gasteiger partial charge in [0.2, 0.25) is 0 Å². The minimum absolute atomic E-state index is 0. The Labute approximate surface area is 170 Å². The number of hydrogen-bond acceptors (Lipinski definition) is 3. The van der Waals surface area contributed by atoms with E-state index in [0.717, 1.165) is 45.1 Å². The minimum Gasteiger partial charge on any atom is -0.381 e. The number of aliphatic imine (C=N–C) groups is 1. The first kappa shape index (κ1) is 24.3. The van der Waals surface area contributed by atoms with Gasteiger partial charge in [-0.1, -0.05) is 40.0 Å². The van der Waals surface area contributed by atoms with Gasteiger partial charge in [-0.15, -0.1) is 24.0 Å². The molecule has 0 atom stereocenters. The van der Waals surface area contributed by atoms with Gasteiger partial charge < -0.3 is 15.4 Å². The molecule has 6 heteroatoms. The van der Waals surface area contributed by atoms with Crippen LogP contribution in [-0.4, -0.2) is 50.3 Å². The molecule has 1 aliphatic heterocycles. The molecule has 1 saturated heterocycles. The van der Waals surface area contributed by atoms with E-state index in [1.165, 1.54) is 25.7 Å². The summed E-state index contributed by atoms with van der Waals surface area (Å²) in [4.78, 5) is 4.39. The SMILES string of the molecule is CCCCCC(C)(C)CNC(=NC)NCC1(SC)CCOCC1.I. The highest BCUT2D eigenvalue weighted by molar-refractivity contribution is 14.0. The van der Waals surface area contributed by atoms with Crippen molar-refractivity contribution in [3.8, 4) is 0 Å². The summed E-state index contributed by atoms with van der Waals surface area (Å²) in [6.07, 6.45) is 9.62. The zero-order valence-electron chi connectivity index (χ0n) is 16.2. The molecule has 1 rings (SSSR count). The van der Waals surface area contributed by atoms with Crippen LogP contribution in [0.1, 0.15) is 59.3 Å². The number of thioether (sulfide) groups is 1. The van der Waals surface area contributed by atoms with Crippen molar-refractivity contribution in [3.05, 3.63) is 0 Å². The van der Waals surface area contributed by atoms with E-state index in [2.05, 4.69) is 42.7 Å². The van der Waals surface area contributed by atoms with Crippen LogP contribution in [0.3, 0.4) is 0 Å². The monoisotopic (exact) mass is 471 g/mol. The van der Waals surface area contributed by atoms with Crippen molar-refractivity contribution < 1.29 is 4.74 Å². The van der Waals surface area contributed by atoms with E-state index >= 15 is 0 Å². The predicted octanol–water partition coefficient (Wildman–Crippen LogP) is 4.29. The molecular formula is C18H38IN3OS. The molecule has 24 heavy (non-hydrogen) atoms. The number of nitrogens with zero attached hydrogens (tertiary/aromatic N) is 1. The van der Waals surface area contributed by atoms with Gasteiger partial charge in [0.25, 0.3) is 0 Å². The van der Waals surface area contributed by atoms with Gasteiger partial charge in [-0.25, -0.2) is 0 Å². The van der Waals surface area contributed by atoms with Crippen LogP contribution in [0.4, 0.5) is 0 Å². The van der Waals surface area contributed by atoms with Gasteiger partial charge in [0.1, 0.15) is 0 Å². The largest absolute Gasteiger partial charge is 0.381 e. The number of halogens is 1. The number of ether oxygens (including phenoxy) is 1. The van der Waals surface area contributed by atoms with E-state index in [1.807, 2.05) is 18.8 Å². The molecule has 0 amide bonds. The third-order valence-corrected chi connectivity index (χ3v) is 6.25. The van der Waals surface area contributed by atoms with Crippen LogP contribution < -0.4 is 10.6 Å². The molecule has 144 valence electrons. The van der Waals surface area contributed by atoms with Crippen LogP contribution >= 0.6 is 35.7 Å². The van der Waals surface area contributed by atoms with Gasteiger partial charge in [-0.3, -0.25) is 4.99 Å². The van der Waals surface area contributed by atoms with Gasteiger partial charge in [0, 0.05) is 38.1 Å². The van der Waals surface area contributed by atoms with Crippen molar-refractivity contribution in [3.63, 3.8) is 0 Å². The normalized spacial score (nSPS) is 18.0. The van der Waals surface area contributed by atoms with Gasteiger partial charge in [0.15, 0.2) is 5.96 Å². The Morgan fingerprint density at radius 3 is 2.42 bits per heavy atom. The van der Waals surface area contributed by atoms with Gasteiger partial charge in [0.05, 0.1) is 0 Å². The molecule has 1 fully saturated rings. The van der Waals surface area contributed by atoms with Crippen LogP contribution in [0.15, 0.2) is 4.99 Å². The van der Waals surface area contributed by atoms with E-state index in [4.69, 9.17) is 4.74 Å². The Morgan fingerprint density at radius 1 is 1.21 bits per heavy atom. The molecule has 0 aromatic rings. The van der Waals surface area contributed by atoms with E-state index in [1.54, 1.807) is 0 Å². The molecule has 4 nitrogen and oxygen atoms in total. The van der Waals surface area contributed by atoms with Gasteiger partial charge in [-0.05, 0) is 30.9 Å². The second-order valence-corrected chi connectivity index (χ2v) is 8.67. The summed E-state index contributed by atoms with van der Waals surface area (Å²) in [5.74, 6) is 0.925. The highest BCUT2D eigenvalue weighted by atomic mass is 127. The molecule has 0 radical (unpaired) electrons. The van der Waals surface area contributed by atoms with Crippen LogP contribution in [0.5, 0.6) is 0 Å². The maximum Gasteiger partial charge on any atom is 0.191 e. The first-order chi connectivity index (χ1) is 11.0. The number of guanidine groups is 1. The number of hydrogen-bond donors (Lipinski definition) is 2. The lowest BCUT2D eigenvalue weighted by molar-refractivity contribution is 0.0782. The molecule has 0 aromatic carbocycles. The quantitative estimate of drug-likeness (QED) is 0.228. The van der Waals surface area contributed by atoms with E-state index < -0.39 is 0 Å². The fourth-order valence-electron chi connectivity index (χ4n) is 2.93. The van der Waals surface area contributed by atoms with Crippen molar-refractivity contribution in [2.24, 2.45) is 10.4 Å². The average molecular weight is 471 g/mol. The third kappa shape index (κ3) is 9.13. The number of nitrogens with one attached hydrogen (secondary N) is 2. The second-order valence-electron chi connectivity index (χ2n) is 7.40. The Morgan fingerprint density at radius 2 is 1.88 bits per heavy atom. The molecule has 0 aromatic heterocycles. The molecule has 1 heterocycles. The molecule has 0 unspecified atom stereocenters. The second kappa shape index (κ2) is 12.6. The maximum absolute atomic E-state index is 5.51. The van der Waals surface area contributed by atoms with Crippen molar-refractivity contribution in [2.45, 2.75) is 64.0 Å². The lowest BCUT2D eigenvalue weighted by atomic mass is 9.87. The Bertz CT molecular complexity index is 358. The molecule has 1 aliphatic rings. The summed E-state index contributed by atoms with van der Waals surface area (Å²) < 4.78 is 5.80. The summed E-state index contributed by atoms with van der Waals surface area (Å²) in [6, 6.07) is 0. The van der Waals surface area contributed by atoms with Crippen molar-refractivity contribution in [1.82, 2.24) is 10.6 Å². The van der Waals surface area contributed by atoms with Crippen LogP contribution in [0, 0.1) is 5.41 Å². The highest BCUT2D eigenvalue weighted by Crippen LogP contribution is 2.33. The van der Waals surface area contributed by atoms with Crippen LogP contribution in [-0.2, 0) is 4.74 Å². The van der Waals surface area contributed by atoms with Crippen LogP contribution in [0.2, 0.25) is 0 Å². The molecule has 2 N–H and O–H groups in total. The summed E-state index contributed by atoms with van der Waals surface area (Å²) in [6.45, 7) is 10.6. The smallest absolute Gasteiger partial charge is 0.191 e. The molecule has 0 saturated carbocycles. The zero-order chi connectivity index (χ0) is 17.2. The number of rotatable bonds is 9. The van der Waals surface area contributed by atoms with E-state index in [-0.39, 0.29) is 28.7 Å². The molecular weight excluding hydrogens is 433 g/mol. The average Bonchev–Trinajstić information content (AvgIpc) is 2.56. The lowest BCUT2D eigenvalue weighted by Crippen LogP contribution is -2.49. The third-order valence-electron chi connectivity index (χ3n) is 4.83. The Hall–Kier alpha value is 0.310. The topological polar surface area (TPSA) is 45.7 Å². The maximum atomic E-state index is 5.51. The zero-order valence-corrected chi connectivity index (χ0v) is 19.4. The fourth-order valence-corrected chi connectivity index (χ4v) is 3.72. The summed E-state index contributed by atoms with van der Waals surface area (Å²) >= 11 is 1.96. The standard InChI is InChI=1S/C18H37N3OS.HI/c1-6-7-8-9-17(2,3)14-20-16(19-4)21-15-18(23-5)10-12-22-13-11-18;/h6-15H2,1-5H3,(H2,19,20,21);1H. The Kier molecular flexibility index (Phi) is 12.8. The van der Waals surface area contributed by atoms with Crippen molar-refractivity contribution >= 4 is 41.7 Å². The molecule has 0 bridgehead atoms. The number of unbranched alkanes of at least 4 members (excludes halogenated alkanes) is 2. The summed E-state index contributed by atoms with van der Waals surface area (Å²) in [7, 11) is 1.86. The highest BCUT2D eigenvalue weighted by Gasteiger charge is 2.31. The van der Waals surface area contributed by atoms with Crippen molar-refractivity contribution in [1.29, 1.82) is 0 Å². The fraction of sp³-hybridized carbons (Fsp3) is 0.944. The van der Waals surface area contributed by atoms with Gasteiger partial charge >= 0.3 is 0 Å². The van der Waals surface area contributed by atoms with Gasteiger partial charge in [-0.2, -0.15) is 11.8 Å². The van der Waals surface area contributed by atoms with Crippen molar-refractivity contribution in [2.75, 3.05) is 39.6 Å². The van der Waals surface area contributed by atoms with Crippen LogP contribution in [0.25, 0.3) is 0 Å². The van der Waals surface area contributed by atoms with E-state index in [9.17, 15) is 0 Å². The predicted molar refractivity (Wildman–Crippen MR) is 119 cm³/mol. The first-order valence-corrected chi connectivity index (χ1v) is 10.3. The molecule has 0 aliphatic carbocycles. The summed E-state index contributed by atoms with van der Waals surface area (Å²) in [5.41, 5.74) is 0.308. The first-order valence-electron chi connectivity index (χ1n) is 9.04. The van der Waals surface area contributed by atoms with E-state index in [0.29, 0.717) is 5.41 Å².